The first-order chi connectivity index (χ1) is 11.1. The van der Waals surface area contributed by atoms with Crippen LogP contribution in [0, 0.1) is 13.8 Å². The molecule has 3 aromatic rings. The number of hydrogen-bond acceptors (Lipinski definition) is 5. The summed E-state index contributed by atoms with van der Waals surface area (Å²) in [4.78, 5) is 23.9. The summed E-state index contributed by atoms with van der Waals surface area (Å²) in [6.07, 6.45) is 1.80. The number of thioether (sulfide) groups is 1. The van der Waals surface area contributed by atoms with Crippen LogP contribution in [0.2, 0.25) is 0 Å². The second-order valence-electron chi connectivity index (χ2n) is 5.22. The van der Waals surface area contributed by atoms with Gasteiger partial charge in [-0.3, -0.25) is 9.78 Å². The van der Waals surface area contributed by atoms with Gasteiger partial charge in [-0.15, -0.1) is 0 Å². The maximum absolute atomic E-state index is 12.1. The van der Waals surface area contributed by atoms with Gasteiger partial charge in [-0.25, -0.2) is 4.98 Å². The van der Waals surface area contributed by atoms with E-state index in [1.807, 2.05) is 32.0 Å². The summed E-state index contributed by atoms with van der Waals surface area (Å²) in [5.74, 6) is 1.47. The maximum atomic E-state index is 12.1. The lowest BCUT2D eigenvalue weighted by Crippen LogP contribution is -2.09. The number of nitrogens with zero attached hydrogens (tertiary/aromatic N) is 2. The minimum absolute atomic E-state index is 0.121. The van der Waals surface area contributed by atoms with Crippen LogP contribution in [0.5, 0.6) is 5.75 Å². The highest BCUT2D eigenvalue weighted by Crippen LogP contribution is 2.28. The number of para-hydroxylation sites is 1. The van der Waals surface area contributed by atoms with Gasteiger partial charge in [0.2, 0.25) is 0 Å². The third-order valence-corrected chi connectivity index (χ3v) is 4.57. The van der Waals surface area contributed by atoms with Crippen molar-refractivity contribution in [3.8, 4) is 5.75 Å². The van der Waals surface area contributed by atoms with E-state index in [0.717, 1.165) is 22.6 Å². The topological polar surface area (TPSA) is 67.9 Å². The van der Waals surface area contributed by atoms with Gasteiger partial charge >= 0.3 is 0 Å². The second kappa shape index (κ2) is 6.42. The molecule has 2 aromatic heterocycles. The number of pyridine rings is 1. The lowest BCUT2D eigenvalue weighted by molar-refractivity contribution is 0.407. The number of H-pyrrole nitrogens is 1. The standard InChI is InChI=1S/C17H17N3O2S/c1-10-8-18-14(11(2)15(10)22-3)9-23-17-19-13-7-5-4-6-12(13)16(21)20-17/h4-8H,9H2,1-3H3,(H,19,20,21). The van der Waals surface area contributed by atoms with Gasteiger partial charge in [0.15, 0.2) is 5.16 Å². The number of benzene rings is 1. The summed E-state index contributed by atoms with van der Waals surface area (Å²) in [5, 5.41) is 1.19. The van der Waals surface area contributed by atoms with Crippen LogP contribution in [-0.4, -0.2) is 22.1 Å². The minimum atomic E-state index is -0.121. The summed E-state index contributed by atoms with van der Waals surface area (Å²) in [5.41, 5.74) is 3.53. The number of aryl methyl sites for hydroxylation is 1. The normalized spacial score (nSPS) is 10.9. The van der Waals surface area contributed by atoms with Crippen LogP contribution in [0.4, 0.5) is 0 Å². The molecule has 1 N–H and O–H groups in total. The molecule has 0 aliphatic carbocycles. The summed E-state index contributed by atoms with van der Waals surface area (Å²) in [7, 11) is 1.66. The molecule has 0 saturated heterocycles. The summed E-state index contributed by atoms with van der Waals surface area (Å²) < 4.78 is 5.42. The summed E-state index contributed by atoms with van der Waals surface area (Å²) in [6, 6.07) is 7.32. The molecule has 5 nitrogen and oxygen atoms in total. The van der Waals surface area contributed by atoms with Gasteiger partial charge in [0.25, 0.3) is 5.56 Å². The quantitative estimate of drug-likeness (QED) is 0.588. The number of rotatable bonds is 4. The van der Waals surface area contributed by atoms with E-state index < -0.39 is 0 Å². The molecule has 6 heteroatoms. The van der Waals surface area contributed by atoms with Gasteiger partial charge in [0.05, 0.1) is 23.7 Å². The van der Waals surface area contributed by atoms with Crippen molar-refractivity contribution in [1.82, 2.24) is 15.0 Å². The number of nitrogens with one attached hydrogen (secondary N) is 1. The highest BCUT2D eigenvalue weighted by molar-refractivity contribution is 7.98. The number of ether oxygens (including phenoxy) is 1. The van der Waals surface area contributed by atoms with Crippen molar-refractivity contribution in [1.29, 1.82) is 0 Å². The first-order valence-electron chi connectivity index (χ1n) is 7.21. The predicted octanol–water partition coefficient (Wildman–Crippen LogP) is 3.24. The Bertz CT molecular complexity index is 921. The molecule has 0 bridgehead atoms. The molecule has 118 valence electrons. The molecule has 3 rings (SSSR count). The van der Waals surface area contributed by atoms with E-state index in [4.69, 9.17) is 4.74 Å². The van der Waals surface area contributed by atoms with Crippen LogP contribution >= 0.6 is 11.8 Å². The Morgan fingerprint density at radius 1 is 1.26 bits per heavy atom. The van der Waals surface area contributed by atoms with Crippen molar-refractivity contribution >= 4 is 22.7 Å². The van der Waals surface area contributed by atoms with E-state index in [2.05, 4.69) is 15.0 Å². The van der Waals surface area contributed by atoms with E-state index in [1.54, 1.807) is 19.4 Å². The molecular weight excluding hydrogens is 310 g/mol. The molecule has 0 radical (unpaired) electrons. The maximum Gasteiger partial charge on any atom is 0.259 e. The predicted molar refractivity (Wildman–Crippen MR) is 92.2 cm³/mol. The zero-order valence-corrected chi connectivity index (χ0v) is 14.0. The summed E-state index contributed by atoms with van der Waals surface area (Å²) in [6.45, 7) is 3.96. The summed E-state index contributed by atoms with van der Waals surface area (Å²) >= 11 is 1.46. The largest absolute Gasteiger partial charge is 0.496 e. The number of aromatic amines is 1. The monoisotopic (exact) mass is 327 g/mol. The van der Waals surface area contributed by atoms with Crippen LogP contribution in [0.15, 0.2) is 40.4 Å². The fourth-order valence-electron chi connectivity index (χ4n) is 2.49. The third kappa shape index (κ3) is 3.07. The smallest absolute Gasteiger partial charge is 0.259 e. The van der Waals surface area contributed by atoms with Gasteiger partial charge in [0, 0.05) is 23.1 Å². The second-order valence-corrected chi connectivity index (χ2v) is 6.19. The molecule has 0 spiro atoms. The van der Waals surface area contributed by atoms with Gasteiger partial charge in [-0.05, 0) is 26.0 Å². The van der Waals surface area contributed by atoms with Gasteiger partial charge in [-0.2, -0.15) is 0 Å². The first-order valence-corrected chi connectivity index (χ1v) is 8.19. The Morgan fingerprint density at radius 2 is 2.04 bits per heavy atom. The van der Waals surface area contributed by atoms with E-state index >= 15 is 0 Å². The third-order valence-electron chi connectivity index (χ3n) is 3.69. The lowest BCUT2D eigenvalue weighted by Gasteiger charge is -2.11. The fraction of sp³-hybridized carbons (Fsp3) is 0.235. The zero-order valence-electron chi connectivity index (χ0n) is 13.2. The molecule has 1 aromatic carbocycles. The number of hydrogen-bond donors (Lipinski definition) is 1. The van der Waals surface area contributed by atoms with Crippen LogP contribution < -0.4 is 10.3 Å². The molecule has 0 atom stereocenters. The number of aromatic nitrogens is 3. The van der Waals surface area contributed by atoms with Crippen LogP contribution in [0.1, 0.15) is 16.8 Å². The van der Waals surface area contributed by atoms with Crippen molar-refractivity contribution in [2.45, 2.75) is 24.8 Å². The lowest BCUT2D eigenvalue weighted by atomic mass is 10.1. The fourth-order valence-corrected chi connectivity index (χ4v) is 3.38. The number of fused-ring (bicyclic) bond motifs is 1. The Kier molecular flexibility index (Phi) is 4.34. The van der Waals surface area contributed by atoms with Crippen molar-refractivity contribution in [2.24, 2.45) is 0 Å². The highest BCUT2D eigenvalue weighted by Gasteiger charge is 2.11. The van der Waals surface area contributed by atoms with Crippen molar-refractivity contribution in [3.63, 3.8) is 0 Å². The van der Waals surface area contributed by atoms with E-state index in [-0.39, 0.29) is 5.56 Å². The molecule has 0 unspecified atom stereocenters. The van der Waals surface area contributed by atoms with Crippen molar-refractivity contribution < 1.29 is 4.74 Å². The first kappa shape index (κ1) is 15.6. The molecule has 0 amide bonds. The number of methoxy groups -OCH3 is 1. The zero-order chi connectivity index (χ0) is 16.4. The highest BCUT2D eigenvalue weighted by atomic mass is 32.2. The Hall–Kier alpha value is -2.34. The van der Waals surface area contributed by atoms with Gasteiger partial charge in [-0.1, -0.05) is 23.9 Å². The van der Waals surface area contributed by atoms with Crippen molar-refractivity contribution in [2.75, 3.05) is 7.11 Å². The van der Waals surface area contributed by atoms with Crippen LogP contribution in [0.25, 0.3) is 10.9 Å². The van der Waals surface area contributed by atoms with E-state index in [1.165, 1.54) is 11.8 Å². The van der Waals surface area contributed by atoms with E-state index in [0.29, 0.717) is 21.8 Å². The Balaban J connectivity index is 1.88. The molecule has 0 saturated carbocycles. The Morgan fingerprint density at radius 3 is 2.83 bits per heavy atom. The SMILES string of the molecule is COc1c(C)cnc(CSc2nc3ccccc3c(=O)[nH]2)c1C. The van der Waals surface area contributed by atoms with Crippen LogP contribution in [-0.2, 0) is 5.75 Å². The Labute approximate surface area is 138 Å². The molecule has 23 heavy (non-hydrogen) atoms. The molecule has 0 aliphatic rings. The van der Waals surface area contributed by atoms with Gasteiger partial charge in [0.1, 0.15) is 5.75 Å². The van der Waals surface area contributed by atoms with E-state index in [9.17, 15) is 4.79 Å². The van der Waals surface area contributed by atoms with Gasteiger partial charge < -0.3 is 9.72 Å². The average Bonchev–Trinajstić information content (AvgIpc) is 2.55. The average molecular weight is 327 g/mol. The molecule has 0 aliphatic heterocycles. The minimum Gasteiger partial charge on any atom is -0.496 e. The molecule has 2 heterocycles. The van der Waals surface area contributed by atoms with Crippen molar-refractivity contribution in [3.05, 3.63) is 57.6 Å². The molecular formula is C17H17N3O2S. The molecule has 0 fully saturated rings. The van der Waals surface area contributed by atoms with Crippen LogP contribution in [0.3, 0.4) is 0 Å².